The molecule has 0 fully saturated rings. The monoisotopic (exact) mass is 624 g/mol. The molecule has 2 aromatic heterocycles. The van der Waals surface area contributed by atoms with E-state index in [-0.39, 0.29) is 11.7 Å². The van der Waals surface area contributed by atoms with E-state index in [4.69, 9.17) is 19.5 Å². The normalized spacial score (nSPS) is 15.2. The number of aromatic amines is 2. The molecule has 5 aromatic rings. The van der Waals surface area contributed by atoms with Crippen LogP contribution in [0, 0.1) is 6.92 Å². The van der Waals surface area contributed by atoms with Crippen LogP contribution in [0.3, 0.4) is 0 Å². The Balaban J connectivity index is 1.30. The molecule has 0 saturated carbocycles. The van der Waals surface area contributed by atoms with Gasteiger partial charge in [-0.3, -0.25) is 9.98 Å². The van der Waals surface area contributed by atoms with Crippen molar-refractivity contribution in [1.29, 1.82) is 0 Å². The number of hydrogen-bond acceptors (Lipinski definition) is 5. The van der Waals surface area contributed by atoms with Gasteiger partial charge in [0.2, 0.25) is 0 Å². The number of ether oxygens (including phenoxy) is 2. The van der Waals surface area contributed by atoms with Gasteiger partial charge in [0.05, 0.1) is 41.5 Å². The van der Waals surface area contributed by atoms with Crippen molar-refractivity contribution in [1.82, 2.24) is 9.97 Å². The van der Waals surface area contributed by atoms with Crippen LogP contribution in [0.5, 0.6) is 17.2 Å². The van der Waals surface area contributed by atoms with Gasteiger partial charge in [0, 0.05) is 41.0 Å². The SMILES string of the molecule is COc1ccc2c3c([nH]c2c1)C(CC(CC1=NCCc2c1[nH]c1cc(C)ccc21)c1cc(Br)c(O)c(OC)c1)=NCC3. The van der Waals surface area contributed by atoms with E-state index in [1.807, 2.05) is 18.2 Å². The molecule has 2 aliphatic rings. The first-order valence-corrected chi connectivity index (χ1v) is 15.2. The van der Waals surface area contributed by atoms with Crippen molar-refractivity contribution in [3.63, 3.8) is 0 Å². The fourth-order valence-corrected chi connectivity index (χ4v) is 7.06. The standard InChI is InChI=1S/C34H33BrN4O3/c1-18-4-6-22-24-8-10-36-29(32(24)38-27(22)12-18)14-20(19-13-26(35)34(40)31(16-19)42-3)15-30-33-25(9-11-37-30)23-7-5-21(41-2)17-28(23)39-33/h4-7,12-13,16-17,20,38-40H,8-11,14-15H2,1-3H3. The molecular weight excluding hydrogens is 592 g/mol. The number of rotatable bonds is 7. The lowest BCUT2D eigenvalue weighted by molar-refractivity contribution is 0.371. The highest BCUT2D eigenvalue weighted by atomic mass is 79.9. The number of aryl methyl sites for hydroxylation is 1. The second kappa shape index (κ2) is 10.7. The lowest BCUT2D eigenvalue weighted by atomic mass is 9.84. The maximum atomic E-state index is 10.6. The summed E-state index contributed by atoms with van der Waals surface area (Å²) in [4.78, 5) is 17.5. The van der Waals surface area contributed by atoms with E-state index in [9.17, 15) is 5.11 Å². The summed E-state index contributed by atoms with van der Waals surface area (Å²) in [6.45, 7) is 3.65. The highest BCUT2D eigenvalue weighted by Gasteiger charge is 2.28. The smallest absolute Gasteiger partial charge is 0.172 e. The highest BCUT2D eigenvalue weighted by molar-refractivity contribution is 9.10. The summed E-state index contributed by atoms with van der Waals surface area (Å²) in [6, 6.07) is 16.8. The summed E-state index contributed by atoms with van der Waals surface area (Å²) in [5, 5.41) is 13.1. The summed E-state index contributed by atoms with van der Waals surface area (Å²) in [5.74, 6) is 1.42. The van der Waals surface area contributed by atoms with Gasteiger partial charge in [-0.15, -0.1) is 0 Å². The van der Waals surface area contributed by atoms with Crippen LogP contribution in [0.25, 0.3) is 21.8 Å². The molecule has 7 rings (SSSR count). The van der Waals surface area contributed by atoms with Gasteiger partial charge < -0.3 is 24.5 Å². The third kappa shape index (κ3) is 4.58. The molecule has 1 atom stereocenters. The highest BCUT2D eigenvalue weighted by Crippen LogP contribution is 2.41. The van der Waals surface area contributed by atoms with Crippen LogP contribution in [0.2, 0.25) is 0 Å². The molecule has 8 heteroatoms. The summed E-state index contributed by atoms with van der Waals surface area (Å²) in [5.41, 5.74) is 11.6. The third-order valence-corrected chi connectivity index (χ3v) is 9.31. The lowest BCUT2D eigenvalue weighted by Crippen LogP contribution is -2.20. The second-order valence-electron chi connectivity index (χ2n) is 11.2. The minimum atomic E-state index is 0.0410. The number of aromatic nitrogens is 2. The van der Waals surface area contributed by atoms with Gasteiger partial charge in [-0.2, -0.15) is 0 Å². The molecule has 3 N–H and O–H groups in total. The molecule has 0 radical (unpaired) electrons. The van der Waals surface area contributed by atoms with Gasteiger partial charge in [-0.05, 0) is 107 Å². The van der Waals surface area contributed by atoms with Gasteiger partial charge >= 0.3 is 0 Å². The number of fused-ring (bicyclic) bond motifs is 6. The van der Waals surface area contributed by atoms with E-state index in [1.54, 1.807) is 14.2 Å². The molecule has 42 heavy (non-hydrogen) atoms. The molecular formula is C34H33BrN4O3. The number of hydrogen-bond donors (Lipinski definition) is 3. The number of phenols is 1. The molecule has 0 saturated heterocycles. The van der Waals surface area contributed by atoms with Crippen molar-refractivity contribution in [3.05, 3.63) is 86.6 Å². The Morgan fingerprint density at radius 2 is 1.45 bits per heavy atom. The zero-order valence-corrected chi connectivity index (χ0v) is 25.6. The molecule has 0 amide bonds. The number of H-pyrrole nitrogens is 2. The first kappa shape index (κ1) is 26.8. The van der Waals surface area contributed by atoms with Crippen molar-refractivity contribution >= 4 is 49.2 Å². The Labute approximate surface area is 252 Å². The molecule has 0 bridgehead atoms. The van der Waals surface area contributed by atoms with Crippen molar-refractivity contribution < 1.29 is 14.6 Å². The van der Waals surface area contributed by atoms with Crippen molar-refractivity contribution in [2.45, 2.75) is 38.5 Å². The molecule has 4 heterocycles. The fraction of sp³-hybridized carbons (Fsp3) is 0.294. The van der Waals surface area contributed by atoms with Gasteiger partial charge in [-0.25, -0.2) is 0 Å². The minimum absolute atomic E-state index is 0.0410. The molecule has 2 aliphatic heterocycles. The second-order valence-corrected chi connectivity index (χ2v) is 12.1. The Bertz CT molecular complexity index is 1920. The molecule has 3 aromatic carbocycles. The summed E-state index contributed by atoms with van der Waals surface area (Å²) in [7, 11) is 3.28. The zero-order chi connectivity index (χ0) is 29.0. The molecule has 0 aliphatic carbocycles. The molecule has 214 valence electrons. The maximum Gasteiger partial charge on any atom is 0.172 e. The number of nitrogens with zero attached hydrogens (tertiary/aromatic N) is 2. The van der Waals surface area contributed by atoms with E-state index < -0.39 is 0 Å². The Morgan fingerprint density at radius 3 is 2.07 bits per heavy atom. The average molecular weight is 626 g/mol. The largest absolute Gasteiger partial charge is 0.503 e. The number of aromatic hydroxyl groups is 1. The summed E-state index contributed by atoms with van der Waals surface area (Å²) < 4.78 is 11.7. The van der Waals surface area contributed by atoms with Crippen molar-refractivity contribution in [2.75, 3.05) is 27.3 Å². The maximum absolute atomic E-state index is 10.6. The van der Waals surface area contributed by atoms with E-state index in [1.165, 1.54) is 27.5 Å². The Kier molecular flexibility index (Phi) is 6.81. The number of methoxy groups -OCH3 is 2. The van der Waals surface area contributed by atoms with Crippen LogP contribution < -0.4 is 9.47 Å². The van der Waals surface area contributed by atoms with Crippen LogP contribution in [-0.4, -0.2) is 53.8 Å². The van der Waals surface area contributed by atoms with E-state index in [0.717, 1.165) is 77.5 Å². The number of phenolic OH excluding ortho intramolecular Hbond substituents is 1. The quantitative estimate of drug-likeness (QED) is 0.176. The van der Waals surface area contributed by atoms with Crippen LogP contribution in [0.15, 0.2) is 63.0 Å². The van der Waals surface area contributed by atoms with E-state index in [2.05, 4.69) is 63.2 Å². The number of benzene rings is 3. The zero-order valence-electron chi connectivity index (χ0n) is 24.0. The van der Waals surface area contributed by atoms with Gasteiger partial charge in [0.1, 0.15) is 5.75 Å². The Morgan fingerprint density at radius 1 is 0.833 bits per heavy atom. The summed E-state index contributed by atoms with van der Waals surface area (Å²) >= 11 is 3.56. The fourth-order valence-electron chi connectivity index (χ4n) is 6.60. The number of aliphatic imine (C=N–C) groups is 2. The van der Waals surface area contributed by atoms with Gasteiger partial charge in [0.15, 0.2) is 11.5 Å². The van der Waals surface area contributed by atoms with Crippen LogP contribution in [-0.2, 0) is 12.8 Å². The molecule has 7 nitrogen and oxygen atoms in total. The predicted molar refractivity (Wildman–Crippen MR) is 172 cm³/mol. The number of nitrogens with one attached hydrogen (secondary N) is 2. The molecule has 1 unspecified atom stereocenters. The predicted octanol–water partition coefficient (Wildman–Crippen LogP) is 7.40. The minimum Gasteiger partial charge on any atom is -0.503 e. The first-order valence-electron chi connectivity index (χ1n) is 14.4. The number of halogens is 1. The average Bonchev–Trinajstić information content (AvgIpc) is 3.56. The van der Waals surface area contributed by atoms with Crippen molar-refractivity contribution in [3.8, 4) is 17.2 Å². The van der Waals surface area contributed by atoms with Gasteiger partial charge in [-0.1, -0.05) is 12.1 Å². The van der Waals surface area contributed by atoms with E-state index >= 15 is 0 Å². The first-order chi connectivity index (χ1) is 20.4. The summed E-state index contributed by atoms with van der Waals surface area (Å²) in [6.07, 6.45) is 3.27. The topological polar surface area (TPSA) is 95.0 Å². The third-order valence-electron chi connectivity index (χ3n) is 8.70. The van der Waals surface area contributed by atoms with Crippen LogP contribution >= 0.6 is 15.9 Å². The van der Waals surface area contributed by atoms with Crippen molar-refractivity contribution in [2.24, 2.45) is 9.98 Å². The molecule has 0 spiro atoms. The van der Waals surface area contributed by atoms with Crippen LogP contribution in [0.1, 0.15) is 52.4 Å². The van der Waals surface area contributed by atoms with E-state index in [0.29, 0.717) is 16.6 Å². The van der Waals surface area contributed by atoms with Gasteiger partial charge in [0.25, 0.3) is 0 Å². The van der Waals surface area contributed by atoms with Crippen LogP contribution in [0.4, 0.5) is 0 Å². The lowest BCUT2D eigenvalue weighted by Gasteiger charge is -2.24. The Hall–Kier alpha value is -4.04.